The quantitative estimate of drug-likeness (QED) is 0.607. The van der Waals surface area contributed by atoms with E-state index in [1.807, 2.05) is 61.8 Å². The number of hydrogen-bond donors (Lipinski definition) is 1. The number of amides is 1. The van der Waals surface area contributed by atoms with Gasteiger partial charge in [-0.15, -0.1) is 0 Å². The first-order chi connectivity index (χ1) is 13.6. The van der Waals surface area contributed by atoms with Crippen LogP contribution in [0.2, 0.25) is 0 Å². The molecule has 1 heterocycles. The zero-order chi connectivity index (χ0) is 19.8. The van der Waals surface area contributed by atoms with Crippen molar-refractivity contribution in [2.75, 3.05) is 12.4 Å². The molecule has 0 aliphatic heterocycles. The van der Waals surface area contributed by atoms with E-state index in [9.17, 15) is 4.79 Å². The molecule has 1 amide bonds. The number of nitrogens with zero attached hydrogens (tertiary/aromatic N) is 2. The van der Waals surface area contributed by atoms with Crippen LogP contribution in [0.5, 0.6) is 5.75 Å². The summed E-state index contributed by atoms with van der Waals surface area (Å²) in [6, 6.07) is 15.4. The third-order valence-electron chi connectivity index (χ3n) is 4.04. The van der Waals surface area contributed by atoms with E-state index >= 15 is 0 Å². The first-order valence-corrected chi connectivity index (χ1v) is 8.90. The summed E-state index contributed by atoms with van der Waals surface area (Å²) in [7, 11) is 3.48. The van der Waals surface area contributed by atoms with Crippen LogP contribution in [0, 0.1) is 0 Å². The van der Waals surface area contributed by atoms with Crippen molar-refractivity contribution in [3.8, 4) is 5.75 Å². The van der Waals surface area contributed by atoms with Crippen LogP contribution >= 0.6 is 0 Å². The Bertz CT molecular complexity index is 946. The maximum atomic E-state index is 12.1. The highest BCUT2D eigenvalue weighted by Gasteiger charge is 2.01. The number of nitrogens with one attached hydrogen (secondary N) is 1. The van der Waals surface area contributed by atoms with Gasteiger partial charge in [-0.25, -0.2) is 0 Å². The minimum atomic E-state index is -0.194. The molecule has 0 unspecified atom stereocenters. The van der Waals surface area contributed by atoms with Crippen molar-refractivity contribution in [1.29, 1.82) is 0 Å². The van der Waals surface area contributed by atoms with Gasteiger partial charge in [0.15, 0.2) is 0 Å². The van der Waals surface area contributed by atoms with Gasteiger partial charge >= 0.3 is 0 Å². The summed E-state index contributed by atoms with van der Waals surface area (Å²) in [5, 5.41) is 6.92. The molecule has 1 aromatic heterocycles. The first-order valence-electron chi connectivity index (χ1n) is 8.90. The lowest BCUT2D eigenvalue weighted by atomic mass is 10.2. The van der Waals surface area contributed by atoms with Crippen LogP contribution in [0.4, 0.5) is 5.69 Å². The Morgan fingerprint density at radius 1 is 1.14 bits per heavy atom. The molecule has 6 nitrogen and oxygen atoms in total. The molecule has 0 aliphatic rings. The largest absolute Gasteiger partial charge is 0.497 e. The second kappa shape index (κ2) is 9.53. The second-order valence-electron chi connectivity index (χ2n) is 6.31. The maximum Gasteiger partial charge on any atom is 0.248 e. The fraction of sp³-hybridized carbons (Fsp3) is 0.182. The minimum Gasteiger partial charge on any atom is -0.497 e. The molecule has 3 rings (SSSR count). The van der Waals surface area contributed by atoms with Crippen molar-refractivity contribution >= 4 is 17.7 Å². The fourth-order valence-electron chi connectivity index (χ4n) is 2.63. The molecule has 1 N–H and O–H groups in total. The molecule has 3 aromatic rings. The summed E-state index contributed by atoms with van der Waals surface area (Å²) in [5.41, 5.74) is 3.66. The third kappa shape index (κ3) is 5.82. The molecule has 28 heavy (non-hydrogen) atoms. The van der Waals surface area contributed by atoms with Gasteiger partial charge in [0.1, 0.15) is 5.75 Å². The van der Waals surface area contributed by atoms with E-state index in [2.05, 4.69) is 10.4 Å². The molecule has 0 radical (unpaired) electrons. The van der Waals surface area contributed by atoms with Crippen LogP contribution in [0.1, 0.15) is 16.7 Å². The van der Waals surface area contributed by atoms with E-state index < -0.39 is 0 Å². The van der Waals surface area contributed by atoms with Gasteiger partial charge in [0, 0.05) is 30.6 Å². The molecule has 6 heteroatoms. The van der Waals surface area contributed by atoms with Gasteiger partial charge in [0.05, 0.1) is 26.5 Å². The average Bonchev–Trinajstić information content (AvgIpc) is 3.12. The van der Waals surface area contributed by atoms with Crippen molar-refractivity contribution < 1.29 is 14.3 Å². The number of hydrogen-bond acceptors (Lipinski definition) is 4. The Balaban J connectivity index is 1.50. The molecule has 144 valence electrons. The molecule has 0 saturated carbocycles. The number of ether oxygens (including phenoxy) is 2. The number of benzene rings is 2. The molecular formula is C22H23N3O3. The fourth-order valence-corrected chi connectivity index (χ4v) is 2.63. The van der Waals surface area contributed by atoms with Crippen LogP contribution in [0.15, 0.2) is 67.0 Å². The molecule has 0 atom stereocenters. The zero-order valence-corrected chi connectivity index (χ0v) is 16.0. The summed E-state index contributed by atoms with van der Waals surface area (Å²) in [6.07, 6.45) is 6.75. The Kier molecular flexibility index (Phi) is 6.59. The van der Waals surface area contributed by atoms with Gasteiger partial charge in [-0.3, -0.25) is 9.48 Å². The Morgan fingerprint density at radius 3 is 2.64 bits per heavy atom. The summed E-state index contributed by atoms with van der Waals surface area (Å²) in [4.78, 5) is 12.1. The molecule has 0 bridgehead atoms. The number of rotatable bonds is 8. The van der Waals surface area contributed by atoms with Gasteiger partial charge < -0.3 is 14.8 Å². The Labute approximate surface area is 164 Å². The number of anilines is 1. The smallest absolute Gasteiger partial charge is 0.248 e. The van der Waals surface area contributed by atoms with E-state index in [1.54, 1.807) is 24.1 Å². The lowest BCUT2D eigenvalue weighted by molar-refractivity contribution is -0.111. The standard InChI is InChI=1S/C22H23N3O3/c1-25-14-19(13-23-25)8-11-22(26)24-20-5-3-4-18(12-20)16-28-15-17-6-9-21(27-2)10-7-17/h3-14H,15-16H2,1-2H3,(H,24,26)/b11-8+. The number of aromatic nitrogens is 2. The molecule has 0 saturated heterocycles. The Morgan fingerprint density at radius 2 is 1.93 bits per heavy atom. The summed E-state index contributed by atoms with van der Waals surface area (Å²) < 4.78 is 12.6. The highest BCUT2D eigenvalue weighted by molar-refractivity contribution is 6.01. The van der Waals surface area contributed by atoms with Crippen LogP contribution in [-0.4, -0.2) is 22.8 Å². The predicted molar refractivity (Wildman–Crippen MR) is 109 cm³/mol. The van der Waals surface area contributed by atoms with Crippen LogP contribution in [0.3, 0.4) is 0 Å². The van der Waals surface area contributed by atoms with Crippen LogP contribution in [0.25, 0.3) is 6.08 Å². The van der Waals surface area contributed by atoms with Crippen molar-refractivity contribution in [1.82, 2.24) is 9.78 Å². The lowest BCUT2D eigenvalue weighted by Gasteiger charge is -2.08. The Hall–Kier alpha value is -3.38. The monoisotopic (exact) mass is 377 g/mol. The van der Waals surface area contributed by atoms with Crippen LogP contribution < -0.4 is 10.1 Å². The molecule has 0 aliphatic carbocycles. The SMILES string of the molecule is COc1ccc(COCc2cccc(NC(=O)/C=C/c3cnn(C)c3)c2)cc1. The predicted octanol–water partition coefficient (Wildman–Crippen LogP) is 3.80. The minimum absolute atomic E-state index is 0.194. The third-order valence-corrected chi connectivity index (χ3v) is 4.04. The average molecular weight is 377 g/mol. The van der Waals surface area contributed by atoms with Crippen molar-refractivity contribution in [3.05, 3.63) is 83.7 Å². The number of methoxy groups -OCH3 is 1. The van der Waals surface area contributed by atoms with Gasteiger partial charge in [-0.05, 0) is 41.5 Å². The molecule has 0 fully saturated rings. The van der Waals surface area contributed by atoms with E-state index in [0.717, 1.165) is 28.1 Å². The van der Waals surface area contributed by atoms with Crippen LogP contribution in [-0.2, 0) is 29.8 Å². The lowest BCUT2D eigenvalue weighted by Crippen LogP contribution is -2.08. The normalized spacial score (nSPS) is 10.9. The van der Waals surface area contributed by atoms with Gasteiger partial charge in [0.2, 0.25) is 5.91 Å². The van der Waals surface area contributed by atoms with Crippen molar-refractivity contribution in [3.63, 3.8) is 0 Å². The first kappa shape index (κ1) is 19.4. The van der Waals surface area contributed by atoms with E-state index in [4.69, 9.17) is 9.47 Å². The van der Waals surface area contributed by atoms with E-state index in [1.165, 1.54) is 6.08 Å². The topological polar surface area (TPSA) is 65.4 Å². The summed E-state index contributed by atoms with van der Waals surface area (Å²) >= 11 is 0. The second-order valence-corrected chi connectivity index (χ2v) is 6.31. The highest BCUT2D eigenvalue weighted by Crippen LogP contribution is 2.15. The molecular weight excluding hydrogens is 354 g/mol. The summed E-state index contributed by atoms with van der Waals surface area (Å²) in [6.45, 7) is 0.968. The zero-order valence-electron chi connectivity index (χ0n) is 16.0. The van der Waals surface area contributed by atoms with Crippen molar-refractivity contribution in [2.45, 2.75) is 13.2 Å². The van der Waals surface area contributed by atoms with E-state index in [0.29, 0.717) is 13.2 Å². The highest BCUT2D eigenvalue weighted by atomic mass is 16.5. The van der Waals surface area contributed by atoms with Gasteiger partial charge in [0.25, 0.3) is 0 Å². The van der Waals surface area contributed by atoms with Crippen molar-refractivity contribution in [2.24, 2.45) is 7.05 Å². The summed E-state index contributed by atoms with van der Waals surface area (Å²) in [5.74, 6) is 0.630. The van der Waals surface area contributed by atoms with Gasteiger partial charge in [-0.2, -0.15) is 5.10 Å². The molecule has 0 spiro atoms. The van der Waals surface area contributed by atoms with Gasteiger partial charge in [-0.1, -0.05) is 24.3 Å². The number of carbonyl (C=O) groups excluding carboxylic acids is 1. The molecule has 2 aromatic carbocycles. The maximum absolute atomic E-state index is 12.1. The number of carbonyl (C=O) groups is 1. The number of aryl methyl sites for hydroxylation is 1. The van der Waals surface area contributed by atoms with E-state index in [-0.39, 0.29) is 5.91 Å².